The molecule has 0 spiro atoms. The van der Waals surface area contributed by atoms with Crippen LogP contribution in [0.4, 0.5) is 0 Å². The molecule has 10 heavy (non-hydrogen) atoms. The van der Waals surface area contributed by atoms with E-state index in [-0.39, 0.29) is 12.1 Å². The van der Waals surface area contributed by atoms with Crippen molar-refractivity contribution in [3.05, 3.63) is 11.6 Å². The Balaban J connectivity index is 3.85. The quantitative estimate of drug-likeness (QED) is 0.435. The number of hydrogen-bond acceptors (Lipinski definition) is 2. The van der Waals surface area contributed by atoms with Gasteiger partial charge in [0, 0.05) is 6.92 Å². The second-order valence-electron chi connectivity index (χ2n) is 2.28. The lowest BCUT2D eigenvalue weighted by Gasteiger charge is -2.11. The Labute approximate surface area is 61.9 Å². The van der Waals surface area contributed by atoms with E-state index in [1.54, 1.807) is 0 Å². The molecule has 0 fully saturated rings. The molecule has 0 radical (unpaired) electrons. The van der Waals surface area contributed by atoms with Crippen LogP contribution < -0.4 is 0 Å². The second kappa shape index (κ2) is 4.09. The van der Waals surface area contributed by atoms with Gasteiger partial charge in [-0.3, -0.25) is 4.79 Å². The Kier molecular flexibility index (Phi) is 3.77. The van der Waals surface area contributed by atoms with Crippen LogP contribution in [0.25, 0.3) is 0 Å². The summed E-state index contributed by atoms with van der Waals surface area (Å²) in [5, 5.41) is 0. The highest BCUT2D eigenvalue weighted by atomic mass is 16.5. The van der Waals surface area contributed by atoms with E-state index in [1.165, 1.54) is 6.92 Å². The van der Waals surface area contributed by atoms with Crippen LogP contribution in [0.3, 0.4) is 0 Å². The minimum atomic E-state index is -0.228. The molecule has 2 nitrogen and oxygen atoms in total. The van der Waals surface area contributed by atoms with Crippen molar-refractivity contribution < 1.29 is 9.53 Å². The van der Waals surface area contributed by atoms with Crippen molar-refractivity contribution >= 4 is 5.97 Å². The molecule has 1 unspecified atom stereocenters. The summed E-state index contributed by atoms with van der Waals surface area (Å²) in [5.41, 5.74) is 1.08. The SMILES string of the molecule is C/C=C(\C)C(C)OC(C)=O. The highest BCUT2D eigenvalue weighted by molar-refractivity contribution is 5.66. The molecule has 0 aromatic rings. The molecule has 0 aromatic heterocycles. The molecule has 0 saturated carbocycles. The Hall–Kier alpha value is -0.790. The zero-order valence-electron chi connectivity index (χ0n) is 6.97. The zero-order valence-corrected chi connectivity index (χ0v) is 6.97. The molecule has 0 rings (SSSR count). The Morgan fingerprint density at radius 1 is 1.50 bits per heavy atom. The first-order valence-electron chi connectivity index (χ1n) is 3.38. The first-order valence-corrected chi connectivity index (χ1v) is 3.38. The maximum atomic E-state index is 10.4. The van der Waals surface area contributed by atoms with Crippen molar-refractivity contribution in [3.63, 3.8) is 0 Å². The Morgan fingerprint density at radius 2 is 2.00 bits per heavy atom. The van der Waals surface area contributed by atoms with Gasteiger partial charge >= 0.3 is 5.97 Å². The van der Waals surface area contributed by atoms with Gasteiger partial charge in [0.1, 0.15) is 6.10 Å². The van der Waals surface area contributed by atoms with E-state index < -0.39 is 0 Å². The molecule has 0 amide bonds. The van der Waals surface area contributed by atoms with Gasteiger partial charge in [0.2, 0.25) is 0 Å². The number of allylic oxidation sites excluding steroid dienone is 1. The molecule has 0 aliphatic rings. The van der Waals surface area contributed by atoms with E-state index in [0.717, 1.165) is 5.57 Å². The van der Waals surface area contributed by atoms with Gasteiger partial charge in [-0.25, -0.2) is 0 Å². The molecule has 2 heteroatoms. The molecule has 0 aromatic carbocycles. The molecular weight excluding hydrogens is 128 g/mol. The third kappa shape index (κ3) is 3.28. The average Bonchev–Trinajstić information content (AvgIpc) is 1.85. The fourth-order valence-electron chi connectivity index (χ4n) is 0.577. The average molecular weight is 142 g/mol. The fourth-order valence-corrected chi connectivity index (χ4v) is 0.577. The van der Waals surface area contributed by atoms with Crippen molar-refractivity contribution in [2.24, 2.45) is 0 Å². The monoisotopic (exact) mass is 142 g/mol. The van der Waals surface area contributed by atoms with Crippen LogP contribution in [0.1, 0.15) is 27.7 Å². The molecule has 0 saturated heterocycles. The van der Waals surface area contributed by atoms with E-state index in [9.17, 15) is 4.79 Å². The number of ether oxygens (including phenoxy) is 1. The van der Waals surface area contributed by atoms with Crippen molar-refractivity contribution in [1.29, 1.82) is 0 Å². The summed E-state index contributed by atoms with van der Waals surface area (Å²) in [4.78, 5) is 10.4. The maximum Gasteiger partial charge on any atom is 0.303 e. The Bertz CT molecular complexity index is 147. The van der Waals surface area contributed by atoms with E-state index in [4.69, 9.17) is 4.74 Å². The van der Waals surface area contributed by atoms with E-state index in [2.05, 4.69) is 0 Å². The van der Waals surface area contributed by atoms with Gasteiger partial charge in [0.25, 0.3) is 0 Å². The van der Waals surface area contributed by atoms with Crippen molar-refractivity contribution in [3.8, 4) is 0 Å². The summed E-state index contributed by atoms with van der Waals surface area (Å²) in [6.45, 7) is 7.14. The lowest BCUT2D eigenvalue weighted by Crippen LogP contribution is -2.12. The lowest BCUT2D eigenvalue weighted by atomic mass is 10.2. The summed E-state index contributed by atoms with van der Waals surface area (Å²) in [7, 11) is 0. The van der Waals surface area contributed by atoms with Crippen LogP contribution >= 0.6 is 0 Å². The van der Waals surface area contributed by atoms with Crippen LogP contribution in [-0.2, 0) is 9.53 Å². The van der Waals surface area contributed by atoms with Crippen LogP contribution in [0.2, 0.25) is 0 Å². The minimum Gasteiger partial charge on any atom is -0.458 e. The van der Waals surface area contributed by atoms with Gasteiger partial charge < -0.3 is 4.74 Å². The van der Waals surface area contributed by atoms with Crippen molar-refractivity contribution in [1.82, 2.24) is 0 Å². The smallest absolute Gasteiger partial charge is 0.303 e. The van der Waals surface area contributed by atoms with E-state index in [1.807, 2.05) is 26.8 Å². The van der Waals surface area contributed by atoms with Gasteiger partial charge in [0.15, 0.2) is 0 Å². The molecule has 0 aliphatic carbocycles. The number of carbonyl (C=O) groups excluding carboxylic acids is 1. The van der Waals surface area contributed by atoms with Crippen LogP contribution in [0.5, 0.6) is 0 Å². The normalized spacial score (nSPS) is 14.6. The van der Waals surface area contributed by atoms with Gasteiger partial charge in [-0.1, -0.05) is 6.08 Å². The molecule has 0 N–H and O–H groups in total. The molecule has 1 atom stereocenters. The topological polar surface area (TPSA) is 26.3 Å². The first kappa shape index (κ1) is 9.21. The predicted octanol–water partition coefficient (Wildman–Crippen LogP) is 1.90. The number of rotatable bonds is 2. The fraction of sp³-hybridized carbons (Fsp3) is 0.625. The number of carbonyl (C=O) groups is 1. The summed E-state index contributed by atoms with van der Waals surface area (Å²) in [6, 6.07) is 0. The molecular formula is C8H14O2. The van der Waals surface area contributed by atoms with Gasteiger partial charge in [0.05, 0.1) is 0 Å². The first-order chi connectivity index (χ1) is 4.57. The summed E-state index contributed by atoms with van der Waals surface area (Å²) in [5.74, 6) is -0.228. The third-order valence-corrected chi connectivity index (χ3v) is 1.44. The minimum absolute atomic E-state index is 0.0810. The van der Waals surface area contributed by atoms with Crippen LogP contribution in [-0.4, -0.2) is 12.1 Å². The van der Waals surface area contributed by atoms with Gasteiger partial charge in [-0.05, 0) is 26.3 Å². The predicted molar refractivity (Wildman–Crippen MR) is 40.7 cm³/mol. The number of hydrogen-bond donors (Lipinski definition) is 0. The van der Waals surface area contributed by atoms with Crippen molar-refractivity contribution in [2.75, 3.05) is 0 Å². The standard InChI is InChI=1S/C8H14O2/c1-5-6(2)7(3)10-8(4)9/h5,7H,1-4H3/b6-5+. The molecule has 0 bridgehead atoms. The van der Waals surface area contributed by atoms with Crippen LogP contribution in [0, 0.1) is 0 Å². The highest BCUT2D eigenvalue weighted by Gasteiger charge is 2.04. The molecule has 0 heterocycles. The number of esters is 1. The molecule has 58 valence electrons. The van der Waals surface area contributed by atoms with Crippen LogP contribution in [0.15, 0.2) is 11.6 Å². The van der Waals surface area contributed by atoms with E-state index in [0.29, 0.717) is 0 Å². The van der Waals surface area contributed by atoms with Gasteiger partial charge in [-0.2, -0.15) is 0 Å². The molecule has 0 aliphatic heterocycles. The Morgan fingerprint density at radius 3 is 2.30 bits per heavy atom. The highest BCUT2D eigenvalue weighted by Crippen LogP contribution is 2.04. The second-order valence-corrected chi connectivity index (χ2v) is 2.28. The lowest BCUT2D eigenvalue weighted by molar-refractivity contribution is -0.143. The largest absolute Gasteiger partial charge is 0.458 e. The van der Waals surface area contributed by atoms with Crippen molar-refractivity contribution in [2.45, 2.75) is 33.8 Å². The summed E-state index contributed by atoms with van der Waals surface area (Å²) >= 11 is 0. The van der Waals surface area contributed by atoms with E-state index >= 15 is 0 Å². The van der Waals surface area contributed by atoms with Gasteiger partial charge in [-0.15, -0.1) is 0 Å². The third-order valence-electron chi connectivity index (χ3n) is 1.44. The summed E-state index contributed by atoms with van der Waals surface area (Å²) in [6.07, 6.45) is 1.86. The zero-order chi connectivity index (χ0) is 8.15. The maximum absolute atomic E-state index is 10.4. The summed E-state index contributed by atoms with van der Waals surface area (Å²) < 4.78 is 4.90.